The average molecular weight is 587 g/mol. The molecule has 220 valence electrons. The van der Waals surface area contributed by atoms with Crippen LogP contribution in [0.3, 0.4) is 0 Å². The predicted octanol–water partition coefficient (Wildman–Crippen LogP) is 5.59. The Morgan fingerprint density at radius 3 is 2.05 bits per heavy atom. The smallest absolute Gasteiger partial charge is 0.341 e. The summed E-state index contributed by atoms with van der Waals surface area (Å²) in [7, 11) is 0. The van der Waals surface area contributed by atoms with Crippen LogP contribution in [0.5, 0.6) is 11.5 Å². The number of rotatable bonds is 8. The first-order chi connectivity index (χ1) is 20.5. The van der Waals surface area contributed by atoms with Crippen molar-refractivity contribution in [3.05, 3.63) is 128 Å². The first-order valence-corrected chi connectivity index (χ1v) is 12.7. The van der Waals surface area contributed by atoms with Crippen molar-refractivity contribution in [2.24, 2.45) is 0 Å². The monoisotopic (exact) mass is 586 g/mol. The number of benzene rings is 4. The van der Waals surface area contributed by atoms with Gasteiger partial charge in [0.2, 0.25) is 0 Å². The van der Waals surface area contributed by atoms with Crippen LogP contribution in [0.15, 0.2) is 91.0 Å². The van der Waals surface area contributed by atoms with E-state index in [4.69, 9.17) is 0 Å². The second-order valence-electron chi connectivity index (χ2n) is 9.26. The third-order valence-electron chi connectivity index (χ3n) is 6.36. The van der Waals surface area contributed by atoms with E-state index in [0.717, 1.165) is 45.4 Å². The number of aromatic hydroxyl groups is 2. The molecule has 14 heteroatoms. The lowest BCUT2D eigenvalue weighted by Gasteiger charge is -2.35. The van der Waals surface area contributed by atoms with E-state index < -0.39 is 44.8 Å². The summed E-state index contributed by atoms with van der Waals surface area (Å²) < 4.78 is 0. The largest absolute Gasteiger partial charge is 0.502 e. The third-order valence-corrected chi connectivity index (χ3v) is 6.36. The van der Waals surface area contributed by atoms with Crippen molar-refractivity contribution >= 4 is 34.8 Å². The SMILES string of the molecule is Cc1ccccc1CNC(=O)N(c1ccc(O)c([N+](=O)[O-])c1)N(Cc1ccccc1)C(=O)Nc1ccc(O)c([N+](=O)[O-])c1. The van der Waals surface area contributed by atoms with Crippen molar-refractivity contribution in [1.82, 2.24) is 10.3 Å². The van der Waals surface area contributed by atoms with Crippen LogP contribution in [0.1, 0.15) is 16.7 Å². The average Bonchev–Trinajstić information content (AvgIpc) is 2.98. The summed E-state index contributed by atoms with van der Waals surface area (Å²) in [4.78, 5) is 48.9. The maximum absolute atomic E-state index is 13.8. The number of hydrogen-bond donors (Lipinski definition) is 4. The summed E-state index contributed by atoms with van der Waals surface area (Å²) in [6.07, 6.45) is 0. The van der Waals surface area contributed by atoms with Crippen LogP contribution in [0.4, 0.5) is 32.3 Å². The number of amides is 4. The fourth-order valence-corrected chi connectivity index (χ4v) is 4.14. The van der Waals surface area contributed by atoms with Gasteiger partial charge in [-0.2, -0.15) is 5.01 Å². The second-order valence-corrected chi connectivity index (χ2v) is 9.26. The summed E-state index contributed by atoms with van der Waals surface area (Å²) in [5.74, 6) is -1.26. The summed E-state index contributed by atoms with van der Waals surface area (Å²) in [5.41, 5.74) is 0.682. The van der Waals surface area contributed by atoms with Crippen molar-refractivity contribution < 1.29 is 29.6 Å². The fourth-order valence-electron chi connectivity index (χ4n) is 4.14. The molecular formula is C29H26N6O8. The minimum absolute atomic E-state index is 0.0487. The van der Waals surface area contributed by atoms with Gasteiger partial charge in [0.25, 0.3) is 0 Å². The van der Waals surface area contributed by atoms with E-state index in [-0.39, 0.29) is 24.5 Å². The lowest BCUT2D eigenvalue weighted by molar-refractivity contribution is -0.385. The maximum Gasteiger partial charge on any atom is 0.341 e. The molecule has 0 saturated heterocycles. The van der Waals surface area contributed by atoms with Crippen LogP contribution < -0.4 is 15.6 Å². The van der Waals surface area contributed by atoms with Crippen LogP contribution in [-0.4, -0.2) is 37.1 Å². The summed E-state index contributed by atoms with van der Waals surface area (Å²) >= 11 is 0. The molecule has 0 fully saturated rings. The highest BCUT2D eigenvalue weighted by atomic mass is 16.6. The number of carbonyl (C=O) groups excluding carboxylic acids is 2. The molecule has 0 atom stereocenters. The van der Waals surface area contributed by atoms with E-state index in [1.807, 2.05) is 19.1 Å². The molecular weight excluding hydrogens is 560 g/mol. The van der Waals surface area contributed by atoms with Gasteiger partial charge in [-0.25, -0.2) is 14.6 Å². The number of nitro benzene ring substituents is 2. The second kappa shape index (κ2) is 13.0. The number of nitro groups is 2. The Balaban J connectivity index is 1.79. The molecule has 4 rings (SSSR count). The number of carbonyl (C=O) groups is 2. The van der Waals surface area contributed by atoms with Gasteiger partial charge in [0.15, 0.2) is 11.5 Å². The van der Waals surface area contributed by atoms with Crippen LogP contribution in [-0.2, 0) is 13.1 Å². The Morgan fingerprint density at radius 1 is 0.791 bits per heavy atom. The minimum atomic E-state index is -0.939. The van der Waals surface area contributed by atoms with Crippen molar-refractivity contribution in [1.29, 1.82) is 0 Å². The van der Waals surface area contributed by atoms with Gasteiger partial charge in [0.05, 0.1) is 22.1 Å². The Morgan fingerprint density at radius 2 is 1.40 bits per heavy atom. The highest BCUT2D eigenvalue weighted by Gasteiger charge is 2.31. The molecule has 0 unspecified atom stereocenters. The minimum Gasteiger partial charge on any atom is -0.502 e. The van der Waals surface area contributed by atoms with E-state index in [0.29, 0.717) is 5.56 Å². The molecule has 4 aromatic rings. The van der Waals surface area contributed by atoms with Crippen LogP contribution in [0.25, 0.3) is 0 Å². The molecule has 4 N–H and O–H groups in total. The van der Waals surface area contributed by atoms with Crippen LogP contribution in [0, 0.1) is 27.2 Å². The van der Waals surface area contributed by atoms with E-state index in [1.165, 1.54) is 12.1 Å². The van der Waals surface area contributed by atoms with Gasteiger partial charge < -0.3 is 20.8 Å². The van der Waals surface area contributed by atoms with Gasteiger partial charge in [0, 0.05) is 24.4 Å². The topological polar surface area (TPSA) is 191 Å². The Bertz CT molecular complexity index is 1680. The molecule has 0 aromatic heterocycles. The molecule has 0 spiro atoms. The molecule has 0 radical (unpaired) electrons. The molecule has 43 heavy (non-hydrogen) atoms. The Kier molecular flexibility index (Phi) is 9.00. The molecule has 0 saturated carbocycles. The van der Waals surface area contributed by atoms with Gasteiger partial charge in [-0.05, 0) is 47.9 Å². The normalized spacial score (nSPS) is 10.4. The number of phenolic OH excluding ortho intramolecular Hbond substituents is 2. The van der Waals surface area contributed by atoms with E-state index in [2.05, 4.69) is 10.6 Å². The lowest BCUT2D eigenvalue weighted by Crippen LogP contribution is -2.54. The Hall–Kier alpha value is -6.18. The van der Waals surface area contributed by atoms with Gasteiger partial charge >= 0.3 is 23.4 Å². The molecule has 0 aliphatic carbocycles. The third kappa shape index (κ3) is 7.13. The van der Waals surface area contributed by atoms with Crippen LogP contribution >= 0.6 is 0 Å². The summed E-state index contributed by atoms with van der Waals surface area (Å²) in [6.45, 7) is 1.68. The number of nitrogens with one attached hydrogen (secondary N) is 2. The van der Waals surface area contributed by atoms with E-state index in [9.17, 15) is 40.0 Å². The van der Waals surface area contributed by atoms with Gasteiger partial charge in [0.1, 0.15) is 0 Å². The van der Waals surface area contributed by atoms with Crippen molar-refractivity contribution in [2.45, 2.75) is 20.0 Å². The van der Waals surface area contributed by atoms with Crippen LogP contribution in [0.2, 0.25) is 0 Å². The van der Waals surface area contributed by atoms with Crippen molar-refractivity contribution in [3.63, 3.8) is 0 Å². The number of nitrogens with zero attached hydrogens (tertiary/aromatic N) is 4. The number of hydrogen-bond acceptors (Lipinski definition) is 8. The standard InChI is InChI=1S/C29H26N6O8/c1-19-7-5-6-10-21(19)17-30-28(38)33(23-12-14-27(37)25(16-23)35(42)43)32(18-20-8-3-2-4-9-20)29(39)31-22-11-13-26(36)24(15-22)34(40)41/h2-16,36-37H,17-18H2,1H3,(H,30,38)(H,31,39). The molecule has 14 nitrogen and oxygen atoms in total. The number of urea groups is 2. The number of aryl methyl sites for hydroxylation is 1. The zero-order valence-corrected chi connectivity index (χ0v) is 22.7. The zero-order chi connectivity index (χ0) is 31.1. The highest BCUT2D eigenvalue weighted by Crippen LogP contribution is 2.33. The molecule has 0 aliphatic rings. The van der Waals surface area contributed by atoms with Crippen molar-refractivity contribution in [3.8, 4) is 11.5 Å². The Labute approximate surface area is 244 Å². The fraction of sp³-hybridized carbons (Fsp3) is 0.103. The number of phenols is 2. The van der Waals surface area contributed by atoms with Gasteiger partial charge in [-0.1, -0.05) is 54.6 Å². The summed E-state index contributed by atoms with van der Waals surface area (Å²) in [5, 5.41) is 49.9. The lowest BCUT2D eigenvalue weighted by atomic mass is 10.1. The molecule has 0 aliphatic heterocycles. The molecule has 4 amide bonds. The predicted molar refractivity (Wildman–Crippen MR) is 156 cm³/mol. The zero-order valence-electron chi connectivity index (χ0n) is 22.7. The molecule has 0 bridgehead atoms. The quantitative estimate of drug-likeness (QED) is 0.117. The maximum atomic E-state index is 13.8. The first-order valence-electron chi connectivity index (χ1n) is 12.7. The number of anilines is 2. The number of hydrazine groups is 1. The van der Waals surface area contributed by atoms with Crippen molar-refractivity contribution in [2.75, 3.05) is 10.3 Å². The summed E-state index contributed by atoms with van der Waals surface area (Å²) in [6, 6.07) is 20.5. The van der Waals surface area contributed by atoms with Gasteiger partial charge in [-0.15, -0.1) is 0 Å². The van der Waals surface area contributed by atoms with Gasteiger partial charge in [-0.3, -0.25) is 20.2 Å². The van der Waals surface area contributed by atoms with E-state index in [1.54, 1.807) is 42.5 Å². The highest BCUT2D eigenvalue weighted by molar-refractivity contribution is 5.99. The molecule has 4 aromatic carbocycles. The van der Waals surface area contributed by atoms with E-state index >= 15 is 0 Å². The molecule has 0 heterocycles. The first kappa shape index (κ1) is 29.8.